The molecule has 1 aromatic rings. The molecule has 2 rings (SSSR count). The second-order valence-corrected chi connectivity index (χ2v) is 4.87. The van der Waals surface area contributed by atoms with Crippen molar-refractivity contribution in [2.45, 2.75) is 39.0 Å². The molecule has 0 N–H and O–H groups in total. The van der Waals surface area contributed by atoms with E-state index in [9.17, 15) is 0 Å². The average molecular weight is 209 g/mol. The van der Waals surface area contributed by atoms with Gasteiger partial charge < -0.3 is 0 Å². The SMILES string of the molecule is CCC1c2ccc(Cl)cc2C(C)[C@H]1C. The lowest BCUT2D eigenvalue weighted by Gasteiger charge is -2.16. The number of benzene rings is 1. The summed E-state index contributed by atoms with van der Waals surface area (Å²) >= 11 is 6.03. The van der Waals surface area contributed by atoms with E-state index in [1.807, 2.05) is 6.07 Å². The normalized spacial score (nSPS) is 30.4. The van der Waals surface area contributed by atoms with Crippen molar-refractivity contribution in [1.82, 2.24) is 0 Å². The minimum Gasteiger partial charge on any atom is -0.0843 e. The van der Waals surface area contributed by atoms with Gasteiger partial charge in [-0.3, -0.25) is 0 Å². The van der Waals surface area contributed by atoms with Crippen LogP contribution in [-0.2, 0) is 0 Å². The van der Waals surface area contributed by atoms with Crippen molar-refractivity contribution in [1.29, 1.82) is 0 Å². The van der Waals surface area contributed by atoms with Gasteiger partial charge in [0.1, 0.15) is 0 Å². The Kier molecular flexibility index (Phi) is 2.57. The maximum absolute atomic E-state index is 6.03. The molecule has 0 heterocycles. The largest absolute Gasteiger partial charge is 0.0843 e. The van der Waals surface area contributed by atoms with Crippen molar-refractivity contribution in [2.24, 2.45) is 5.92 Å². The summed E-state index contributed by atoms with van der Waals surface area (Å²) in [6, 6.07) is 6.38. The summed E-state index contributed by atoms with van der Waals surface area (Å²) < 4.78 is 0. The molecule has 14 heavy (non-hydrogen) atoms. The Labute approximate surface area is 91.3 Å². The first-order valence-corrected chi connectivity index (χ1v) is 5.82. The summed E-state index contributed by atoms with van der Waals surface area (Å²) in [5.41, 5.74) is 2.99. The monoisotopic (exact) mass is 208 g/mol. The molecule has 0 aromatic heterocycles. The fourth-order valence-corrected chi connectivity index (χ4v) is 2.96. The Hall–Kier alpha value is -0.490. The molecule has 0 saturated heterocycles. The second kappa shape index (κ2) is 3.58. The molecule has 0 spiro atoms. The molecule has 0 saturated carbocycles. The van der Waals surface area contributed by atoms with Gasteiger partial charge in [0.25, 0.3) is 0 Å². The molecular formula is C13H17Cl. The highest BCUT2D eigenvalue weighted by Crippen LogP contribution is 2.48. The predicted octanol–water partition coefficient (Wildman–Crippen LogP) is 4.59. The molecule has 0 fully saturated rings. The van der Waals surface area contributed by atoms with E-state index >= 15 is 0 Å². The lowest BCUT2D eigenvalue weighted by molar-refractivity contribution is 0.432. The molecule has 0 aliphatic heterocycles. The lowest BCUT2D eigenvalue weighted by atomic mass is 9.88. The van der Waals surface area contributed by atoms with E-state index in [-0.39, 0.29) is 0 Å². The van der Waals surface area contributed by atoms with Crippen LogP contribution < -0.4 is 0 Å². The molecule has 1 aliphatic rings. The fourth-order valence-electron chi connectivity index (χ4n) is 2.78. The molecule has 1 aromatic carbocycles. The topological polar surface area (TPSA) is 0 Å². The summed E-state index contributed by atoms with van der Waals surface area (Å²) in [6.45, 7) is 6.94. The third kappa shape index (κ3) is 1.37. The number of fused-ring (bicyclic) bond motifs is 1. The Morgan fingerprint density at radius 2 is 1.93 bits per heavy atom. The van der Waals surface area contributed by atoms with Gasteiger partial charge in [-0.05, 0) is 47.4 Å². The van der Waals surface area contributed by atoms with Crippen LogP contribution in [0.4, 0.5) is 0 Å². The highest BCUT2D eigenvalue weighted by molar-refractivity contribution is 6.30. The van der Waals surface area contributed by atoms with Crippen LogP contribution in [0.15, 0.2) is 18.2 Å². The summed E-state index contributed by atoms with van der Waals surface area (Å²) in [4.78, 5) is 0. The fraction of sp³-hybridized carbons (Fsp3) is 0.538. The first-order chi connectivity index (χ1) is 6.65. The highest BCUT2D eigenvalue weighted by atomic mass is 35.5. The Balaban J connectivity index is 2.50. The third-order valence-corrected chi connectivity index (χ3v) is 4.04. The molecule has 3 atom stereocenters. The zero-order valence-electron chi connectivity index (χ0n) is 9.05. The first-order valence-electron chi connectivity index (χ1n) is 5.44. The van der Waals surface area contributed by atoms with Crippen molar-refractivity contribution in [3.63, 3.8) is 0 Å². The second-order valence-electron chi connectivity index (χ2n) is 4.44. The van der Waals surface area contributed by atoms with Gasteiger partial charge in [0.2, 0.25) is 0 Å². The van der Waals surface area contributed by atoms with Gasteiger partial charge in [0.15, 0.2) is 0 Å². The molecule has 0 radical (unpaired) electrons. The summed E-state index contributed by atoms with van der Waals surface area (Å²) in [7, 11) is 0. The van der Waals surface area contributed by atoms with Gasteiger partial charge in [0.05, 0.1) is 0 Å². The maximum atomic E-state index is 6.03. The summed E-state index contributed by atoms with van der Waals surface area (Å²) in [5, 5.41) is 0.875. The Bertz CT molecular complexity index is 343. The van der Waals surface area contributed by atoms with E-state index in [1.54, 1.807) is 0 Å². The smallest absolute Gasteiger partial charge is 0.0409 e. The molecule has 0 nitrogen and oxygen atoms in total. The van der Waals surface area contributed by atoms with Gasteiger partial charge >= 0.3 is 0 Å². The van der Waals surface area contributed by atoms with E-state index in [2.05, 4.69) is 32.9 Å². The van der Waals surface area contributed by atoms with E-state index in [0.717, 1.165) is 16.9 Å². The summed E-state index contributed by atoms with van der Waals surface area (Å²) in [5.74, 6) is 2.15. The highest BCUT2D eigenvalue weighted by Gasteiger charge is 2.33. The van der Waals surface area contributed by atoms with Crippen LogP contribution in [0, 0.1) is 5.92 Å². The van der Waals surface area contributed by atoms with Crippen LogP contribution in [0.2, 0.25) is 5.02 Å². The molecular weight excluding hydrogens is 192 g/mol. The lowest BCUT2D eigenvalue weighted by Crippen LogP contribution is -2.04. The predicted molar refractivity (Wildman–Crippen MR) is 62.1 cm³/mol. The molecule has 2 unspecified atom stereocenters. The van der Waals surface area contributed by atoms with Crippen molar-refractivity contribution in [3.8, 4) is 0 Å². The first kappa shape index (κ1) is 10.0. The van der Waals surface area contributed by atoms with E-state index in [1.165, 1.54) is 17.5 Å². The van der Waals surface area contributed by atoms with E-state index in [4.69, 9.17) is 11.6 Å². The van der Waals surface area contributed by atoms with Crippen molar-refractivity contribution >= 4 is 11.6 Å². The van der Waals surface area contributed by atoms with Gasteiger partial charge in [0, 0.05) is 5.02 Å². The third-order valence-electron chi connectivity index (χ3n) is 3.80. The molecule has 0 bridgehead atoms. The van der Waals surface area contributed by atoms with Gasteiger partial charge in [-0.15, -0.1) is 0 Å². The van der Waals surface area contributed by atoms with Crippen molar-refractivity contribution in [2.75, 3.05) is 0 Å². The maximum Gasteiger partial charge on any atom is 0.0409 e. The zero-order chi connectivity index (χ0) is 10.3. The van der Waals surface area contributed by atoms with Crippen LogP contribution in [-0.4, -0.2) is 0 Å². The van der Waals surface area contributed by atoms with Gasteiger partial charge in [-0.1, -0.05) is 38.4 Å². The minimum atomic E-state index is 0.661. The van der Waals surface area contributed by atoms with Crippen molar-refractivity contribution in [3.05, 3.63) is 34.3 Å². The molecule has 1 aliphatic carbocycles. The van der Waals surface area contributed by atoms with Gasteiger partial charge in [-0.2, -0.15) is 0 Å². The molecule has 1 heteroatoms. The number of halogens is 1. The van der Waals surface area contributed by atoms with E-state index in [0.29, 0.717) is 5.92 Å². The van der Waals surface area contributed by atoms with Crippen LogP contribution in [0.5, 0.6) is 0 Å². The van der Waals surface area contributed by atoms with Crippen molar-refractivity contribution < 1.29 is 0 Å². The van der Waals surface area contributed by atoms with Crippen LogP contribution >= 0.6 is 11.6 Å². The zero-order valence-corrected chi connectivity index (χ0v) is 9.81. The van der Waals surface area contributed by atoms with Gasteiger partial charge in [-0.25, -0.2) is 0 Å². The molecule has 0 amide bonds. The Morgan fingerprint density at radius 1 is 1.21 bits per heavy atom. The van der Waals surface area contributed by atoms with Crippen LogP contribution in [0.25, 0.3) is 0 Å². The number of hydrogen-bond acceptors (Lipinski definition) is 0. The molecule has 76 valence electrons. The average Bonchev–Trinajstić information content (AvgIpc) is 2.41. The summed E-state index contributed by atoms with van der Waals surface area (Å²) in [6.07, 6.45) is 1.24. The van der Waals surface area contributed by atoms with Crippen LogP contribution in [0.3, 0.4) is 0 Å². The number of rotatable bonds is 1. The standard InChI is InChI=1S/C13H17Cl/c1-4-11-8(2)9(3)13-7-10(14)5-6-12(11)13/h5-9,11H,4H2,1-3H3/t8-,9?,11?/m1/s1. The minimum absolute atomic E-state index is 0.661. The Morgan fingerprint density at radius 3 is 2.57 bits per heavy atom. The quantitative estimate of drug-likeness (QED) is 0.634. The van der Waals surface area contributed by atoms with Crippen LogP contribution in [0.1, 0.15) is 50.2 Å². The number of hydrogen-bond donors (Lipinski definition) is 0. The van der Waals surface area contributed by atoms with E-state index < -0.39 is 0 Å².